The van der Waals surface area contributed by atoms with Crippen molar-refractivity contribution in [1.82, 2.24) is 0 Å². The summed E-state index contributed by atoms with van der Waals surface area (Å²) in [7, 11) is 0. The van der Waals surface area contributed by atoms with E-state index in [0.29, 0.717) is 28.7 Å². The molecule has 0 spiro atoms. The first-order valence-electron chi connectivity index (χ1n) is 7.58. The Kier molecular flexibility index (Phi) is 7.30. The third-order valence-corrected chi connectivity index (χ3v) is 4.50. The second kappa shape index (κ2) is 8.73. The van der Waals surface area contributed by atoms with Gasteiger partial charge in [-0.1, -0.05) is 25.6 Å². The minimum Gasteiger partial charge on any atom is -0.463 e. The van der Waals surface area contributed by atoms with Gasteiger partial charge in [-0.05, 0) is 26.2 Å². The van der Waals surface area contributed by atoms with E-state index in [4.69, 9.17) is 10.5 Å². The first kappa shape index (κ1) is 19.2. The molecule has 0 aromatic carbocycles. The Morgan fingerprint density at radius 1 is 1.48 bits per heavy atom. The summed E-state index contributed by atoms with van der Waals surface area (Å²) in [6.07, 6.45) is 0.667. The van der Waals surface area contributed by atoms with Crippen LogP contribution in [0.4, 0.5) is 0 Å². The number of amides is 1. The molecule has 2 atom stereocenters. The van der Waals surface area contributed by atoms with Crippen LogP contribution in [-0.4, -0.2) is 29.3 Å². The highest BCUT2D eigenvalue weighted by Crippen LogP contribution is 2.38. The number of aliphatic imine (C=N–C) groups is 1. The van der Waals surface area contributed by atoms with E-state index in [-0.39, 0.29) is 18.3 Å². The fraction of sp³-hybridized carbons (Fsp3) is 0.625. The maximum Gasteiger partial charge on any atom is 0.336 e. The van der Waals surface area contributed by atoms with Crippen molar-refractivity contribution >= 4 is 28.7 Å². The number of hydrogen-bond acceptors (Lipinski definition) is 6. The lowest BCUT2D eigenvalue weighted by molar-refractivity contribution is -0.139. The van der Waals surface area contributed by atoms with Crippen molar-refractivity contribution in [2.24, 2.45) is 28.5 Å². The van der Waals surface area contributed by atoms with E-state index in [2.05, 4.69) is 11.1 Å². The normalized spacial score (nSPS) is 21.0. The average Bonchev–Trinajstić information content (AvgIpc) is 2.44. The second-order valence-corrected chi connectivity index (χ2v) is 6.76. The Labute approximate surface area is 141 Å². The van der Waals surface area contributed by atoms with E-state index in [1.807, 2.05) is 13.8 Å². The van der Waals surface area contributed by atoms with Gasteiger partial charge in [0.25, 0.3) is 0 Å². The summed E-state index contributed by atoms with van der Waals surface area (Å²) in [6.45, 7) is 7.82. The molecule has 2 N–H and O–H groups in total. The van der Waals surface area contributed by atoms with Crippen LogP contribution in [0.1, 0.15) is 34.1 Å². The van der Waals surface area contributed by atoms with E-state index >= 15 is 0 Å². The maximum absolute atomic E-state index is 12.3. The molecule has 0 aliphatic carbocycles. The van der Waals surface area contributed by atoms with Crippen molar-refractivity contribution in [2.75, 3.05) is 12.4 Å². The molecule has 1 aliphatic rings. The van der Waals surface area contributed by atoms with Crippen molar-refractivity contribution in [3.05, 3.63) is 11.3 Å². The van der Waals surface area contributed by atoms with Gasteiger partial charge in [0.2, 0.25) is 5.91 Å². The number of thioether (sulfide) groups is 1. The zero-order chi connectivity index (χ0) is 17.6. The lowest BCUT2D eigenvalue weighted by atomic mass is 9.79. The minimum atomic E-state index is -0.565. The molecule has 23 heavy (non-hydrogen) atoms. The number of rotatable bonds is 6. The summed E-state index contributed by atoms with van der Waals surface area (Å²) < 4.78 is 5.13. The van der Waals surface area contributed by atoms with Crippen LogP contribution in [0.3, 0.4) is 0 Å². The molecule has 0 bridgehead atoms. The van der Waals surface area contributed by atoms with Crippen LogP contribution in [0.5, 0.6) is 0 Å². The van der Waals surface area contributed by atoms with Crippen molar-refractivity contribution in [3.8, 4) is 6.07 Å². The predicted octanol–water partition coefficient (Wildman–Crippen LogP) is 2.26. The first-order chi connectivity index (χ1) is 10.8. The van der Waals surface area contributed by atoms with Gasteiger partial charge in [0.1, 0.15) is 5.92 Å². The summed E-state index contributed by atoms with van der Waals surface area (Å²) >= 11 is 1.17. The number of primary amides is 1. The summed E-state index contributed by atoms with van der Waals surface area (Å²) in [6, 6.07) is 2.24. The van der Waals surface area contributed by atoms with Crippen molar-refractivity contribution in [1.29, 1.82) is 5.26 Å². The van der Waals surface area contributed by atoms with Crippen LogP contribution in [0.15, 0.2) is 16.3 Å². The van der Waals surface area contributed by atoms with Gasteiger partial charge in [-0.3, -0.25) is 4.79 Å². The molecule has 0 radical (unpaired) electrons. The predicted molar refractivity (Wildman–Crippen MR) is 90.5 cm³/mol. The van der Waals surface area contributed by atoms with Gasteiger partial charge in [-0.25, -0.2) is 9.79 Å². The highest BCUT2D eigenvalue weighted by Gasteiger charge is 2.38. The summed E-state index contributed by atoms with van der Waals surface area (Å²) in [5, 5.41) is 10.1. The van der Waals surface area contributed by atoms with Gasteiger partial charge in [-0.2, -0.15) is 5.26 Å². The number of carbonyl (C=O) groups is 2. The Morgan fingerprint density at radius 2 is 2.13 bits per heavy atom. The molecule has 6 nitrogen and oxygen atoms in total. The van der Waals surface area contributed by atoms with Crippen LogP contribution in [0.25, 0.3) is 0 Å². The van der Waals surface area contributed by atoms with E-state index in [9.17, 15) is 14.9 Å². The van der Waals surface area contributed by atoms with Gasteiger partial charge in [-0.15, -0.1) is 0 Å². The number of nitriles is 1. The Hall–Kier alpha value is -1.81. The number of ether oxygens (including phenoxy) is 1. The number of nitrogens with two attached hydrogens (primary N) is 1. The van der Waals surface area contributed by atoms with Crippen molar-refractivity contribution < 1.29 is 14.3 Å². The van der Waals surface area contributed by atoms with Crippen molar-refractivity contribution in [3.63, 3.8) is 0 Å². The lowest BCUT2D eigenvalue weighted by Gasteiger charge is -2.30. The number of esters is 1. The quantitative estimate of drug-likeness (QED) is 0.748. The molecule has 0 aromatic rings. The number of nitrogens with zero attached hydrogens (tertiary/aromatic N) is 2. The lowest BCUT2D eigenvalue weighted by Crippen LogP contribution is -2.32. The van der Waals surface area contributed by atoms with Crippen molar-refractivity contribution in [2.45, 2.75) is 34.1 Å². The average molecular weight is 337 g/mol. The molecule has 0 unspecified atom stereocenters. The zero-order valence-electron chi connectivity index (χ0n) is 14.0. The highest BCUT2D eigenvalue weighted by molar-refractivity contribution is 8.14. The Balaban J connectivity index is 3.25. The SMILES string of the molecule is CCOC(=O)C1=C(C)N=C(SCC(N)=O)[C@@H](C#N)[C@@H]1CC(C)C. The van der Waals surface area contributed by atoms with Crippen LogP contribution in [0, 0.1) is 29.1 Å². The van der Waals surface area contributed by atoms with Crippen LogP contribution in [-0.2, 0) is 14.3 Å². The molecule has 1 amide bonds. The molecule has 7 heteroatoms. The van der Waals surface area contributed by atoms with Gasteiger partial charge >= 0.3 is 5.97 Å². The van der Waals surface area contributed by atoms with Crippen LogP contribution in [0.2, 0.25) is 0 Å². The zero-order valence-corrected chi connectivity index (χ0v) is 14.8. The van der Waals surface area contributed by atoms with E-state index in [1.165, 1.54) is 11.8 Å². The van der Waals surface area contributed by atoms with Gasteiger partial charge in [0, 0.05) is 11.6 Å². The molecular weight excluding hydrogens is 314 g/mol. The third-order valence-electron chi connectivity index (χ3n) is 3.43. The summed E-state index contributed by atoms with van der Waals surface area (Å²) in [5.41, 5.74) is 6.19. The Morgan fingerprint density at radius 3 is 2.61 bits per heavy atom. The van der Waals surface area contributed by atoms with E-state index in [0.717, 1.165) is 0 Å². The second-order valence-electron chi connectivity index (χ2n) is 5.77. The summed E-state index contributed by atoms with van der Waals surface area (Å²) in [4.78, 5) is 27.7. The summed E-state index contributed by atoms with van der Waals surface area (Å²) in [5.74, 6) is -1.37. The number of hydrogen-bond donors (Lipinski definition) is 1. The first-order valence-corrected chi connectivity index (χ1v) is 8.57. The van der Waals surface area contributed by atoms with Gasteiger partial charge < -0.3 is 10.5 Å². The molecule has 126 valence electrons. The fourth-order valence-corrected chi connectivity index (χ4v) is 3.47. The molecule has 0 fully saturated rings. The standard InChI is InChI=1S/C16H23N3O3S/c1-5-22-16(21)14-10(4)19-15(23-8-13(18)20)12(7-17)11(14)6-9(2)3/h9,11-12H,5-6,8H2,1-4H3,(H2,18,20)/t11-,12-/m0/s1. The largest absolute Gasteiger partial charge is 0.463 e. The topological polar surface area (TPSA) is 106 Å². The molecule has 1 aliphatic heterocycles. The Bertz CT molecular complexity index is 576. The maximum atomic E-state index is 12.3. The van der Waals surface area contributed by atoms with Crippen LogP contribution >= 0.6 is 11.8 Å². The van der Waals surface area contributed by atoms with Gasteiger partial charge in [0.05, 0.1) is 29.0 Å². The molecule has 1 rings (SSSR count). The molecule has 0 saturated carbocycles. The fourth-order valence-electron chi connectivity index (χ4n) is 2.58. The van der Waals surface area contributed by atoms with E-state index < -0.39 is 17.8 Å². The number of allylic oxidation sites excluding steroid dienone is 1. The minimum absolute atomic E-state index is 0.0629. The number of carbonyl (C=O) groups excluding carboxylic acids is 2. The van der Waals surface area contributed by atoms with Crippen LogP contribution < -0.4 is 5.73 Å². The highest BCUT2D eigenvalue weighted by atomic mass is 32.2. The third kappa shape index (κ3) is 5.10. The molecule has 0 aromatic heterocycles. The molecule has 0 saturated heterocycles. The molecule has 1 heterocycles. The smallest absolute Gasteiger partial charge is 0.336 e. The monoisotopic (exact) mass is 337 g/mol. The van der Waals surface area contributed by atoms with E-state index in [1.54, 1.807) is 13.8 Å². The molecular formula is C16H23N3O3S. The van der Waals surface area contributed by atoms with Gasteiger partial charge in [0.15, 0.2) is 0 Å².